The Morgan fingerprint density at radius 2 is 1.76 bits per heavy atom. The van der Waals surface area contributed by atoms with Crippen LogP contribution < -0.4 is 10.6 Å². The highest BCUT2D eigenvalue weighted by atomic mass is 16.2. The van der Waals surface area contributed by atoms with Crippen molar-refractivity contribution in [2.45, 2.75) is 25.4 Å². The van der Waals surface area contributed by atoms with Crippen LogP contribution >= 0.6 is 0 Å². The minimum Gasteiger partial charge on any atom is -0.354 e. The van der Waals surface area contributed by atoms with Gasteiger partial charge in [0.05, 0.1) is 6.04 Å². The number of carbonyl (C=O) groups excluding carboxylic acids is 1. The zero-order chi connectivity index (χ0) is 14.5. The molecule has 3 heteroatoms. The average molecular weight is 280 g/mol. The smallest absolute Gasteiger partial charge is 0.237 e. The van der Waals surface area contributed by atoms with E-state index in [4.69, 9.17) is 0 Å². The normalized spacial score (nSPS) is 17.0. The number of amides is 1. The molecule has 3 nitrogen and oxygen atoms in total. The summed E-state index contributed by atoms with van der Waals surface area (Å²) >= 11 is 0. The average Bonchev–Trinajstić information content (AvgIpc) is 2.55. The van der Waals surface area contributed by atoms with Gasteiger partial charge in [-0.3, -0.25) is 4.79 Å². The Kier molecular flexibility index (Phi) is 4.31. The molecule has 2 aromatic carbocycles. The van der Waals surface area contributed by atoms with Gasteiger partial charge in [-0.25, -0.2) is 0 Å². The van der Waals surface area contributed by atoms with E-state index in [9.17, 15) is 4.79 Å². The van der Waals surface area contributed by atoms with Gasteiger partial charge in [0.15, 0.2) is 0 Å². The van der Waals surface area contributed by atoms with Crippen LogP contribution in [-0.2, 0) is 24.2 Å². The zero-order valence-electron chi connectivity index (χ0n) is 12.0. The van der Waals surface area contributed by atoms with Crippen LogP contribution in [0.5, 0.6) is 0 Å². The second-order valence-electron chi connectivity index (χ2n) is 5.43. The SMILES string of the molecule is O=C(NCCc1ccccc1)C1Cc2ccccc2CN1. The summed E-state index contributed by atoms with van der Waals surface area (Å²) in [6.07, 6.45) is 1.64. The standard InChI is InChI=1S/C18H20N2O/c21-18(19-11-10-14-6-2-1-3-7-14)17-12-15-8-4-5-9-16(15)13-20-17/h1-9,17,20H,10-13H2,(H,19,21). The van der Waals surface area contributed by atoms with E-state index in [-0.39, 0.29) is 11.9 Å². The minimum absolute atomic E-state index is 0.0976. The highest BCUT2D eigenvalue weighted by Gasteiger charge is 2.23. The van der Waals surface area contributed by atoms with Crippen LogP contribution in [0.4, 0.5) is 0 Å². The molecule has 2 aromatic rings. The van der Waals surface area contributed by atoms with Crippen molar-refractivity contribution in [2.24, 2.45) is 0 Å². The van der Waals surface area contributed by atoms with Crippen molar-refractivity contribution in [1.82, 2.24) is 10.6 Å². The summed E-state index contributed by atoms with van der Waals surface area (Å²) in [5.74, 6) is 0.0976. The predicted molar refractivity (Wildman–Crippen MR) is 83.9 cm³/mol. The van der Waals surface area contributed by atoms with E-state index in [2.05, 4.69) is 34.9 Å². The molecule has 0 spiro atoms. The fraction of sp³-hybridized carbons (Fsp3) is 0.278. The third kappa shape index (κ3) is 3.50. The fourth-order valence-corrected chi connectivity index (χ4v) is 2.74. The van der Waals surface area contributed by atoms with Gasteiger partial charge in [-0.05, 0) is 29.5 Å². The fourth-order valence-electron chi connectivity index (χ4n) is 2.74. The lowest BCUT2D eigenvalue weighted by Gasteiger charge is -2.25. The van der Waals surface area contributed by atoms with E-state index >= 15 is 0 Å². The lowest BCUT2D eigenvalue weighted by Crippen LogP contribution is -2.48. The molecule has 108 valence electrons. The topological polar surface area (TPSA) is 41.1 Å². The van der Waals surface area contributed by atoms with Gasteiger partial charge < -0.3 is 10.6 Å². The second kappa shape index (κ2) is 6.55. The largest absolute Gasteiger partial charge is 0.354 e. The third-order valence-electron chi connectivity index (χ3n) is 3.95. The van der Waals surface area contributed by atoms with E-state index in [1.807, 2.05) is 30.3 Å². The van der Waals surface area contributed by atoms with Crippen LogP contribution in [0.15, 0.2) is 54.6 Å². The number of carbonyl (C=O) groups is 1. The van der Waals surface area contributed by atoms with Gasteiger partial charge in [-0.15, -0.1) is 0 Å². The molecule has 3 rings (SSSR count). The van der Waals surface area contributed by atoms with E-state index in [0.717, 1.165) is 19.4 Å². The number of rotatable bonds is 4. The molecule has 0 saturated carbocycles. The van der Waals surface area contributed by atoms with Crippen molar-refractivity contribution in [2.75, 3.05) is 6.54 Å². The lowest BCUT2D eigenvalue weighted by atomic mass is 9.95. The van der Waals surface area contributed by atoms with Gasteiger partial charge >= 0.3 is 0 Å². The summed E-state index contributed by atoms with van der Waals surface area (Å²) in [6.45, 7) is 1.45. The molecule has 1 aliphatic rings. The van der Waals surface area contributed by atoms with Gasteiger partial charge in [0.1, 0.15) is 0 Å². The highest BCUT2D eigenvalue weighted by molar-refractivity contribution is 5.82. The first-order valence-corrected chi connectivity index (χ1v) is 7.45. The van der Waals surface area contributed by atoms with Crippen LogP contribution in [0, 0.1) is 0 Å². The van der Waals surface area contributed by atoms with Gasteiger partial charge in [-0.1, -0.05) is 54.6 Å². The van der Waals surface area contributed by atoms with Crippen molar-refractivity contribution in [1.29, 1.82) is 0 Å². The predicted octanol–water partition coefficient (Wildman–Crippen LogP) is 2.06. The van der Waals surface area contributed by atoms with Gasteiger partial charge in [0.2, 0.25) is 5.91 Å². The van der Waals surface area contributed by atoms with Gasteiger partial charge in [0.25, 0.3) is 0 Å². The van der Waals surface area contributed by atoms with Gasteiger partial charge in [0, 0.05) is 13.1 Å². The summed E-state index contributed by atoms with van der Waals surface area (Å²) < 4.78 is 0. The number of fused-ring (bicyclic) bond motifs is 1. The maximum absolute atomic E-state index is 12.2. The van der Waals surface area contributed by atoms with Crippen molar-refractivity contribution in [3.05, 3.63) is 71.3 Å². The van der Waals surface area contributed by atoms with Crippen molar-refractivity contribution in [3.8, 4) is 0 Å². The van der Waals surface area contributed by atoms with E-state index < -0.39 is 0 Å². The zero-order valence-corrected chi connectivity index (χ0v) is 12.0. The molecule has 21 heavy (non-hydrogen) atoms. The van der Waals surface area contributed by atoms with E-state index in [1.54, 1.807) is 0 Å². The highest BCUT2D eigenvalue weighted by Crippen LogP contribution is 2.16. The van der Waals surface area contributed by atoms with Crippen LogP contribution in [0.25, 0.3) is 0 Å². The van der Waals surface area contributed by atoms with Gasteiger partial charge in [-0.2, -0.15) is 0 Å². The first-order chi connectivity index (χ1) is 10.3. The first kappa shape index (κ1) is 13.8. The molecule has 0 aromatic heterocycles. The summed E-state index contributed by atoms with van der Waals surface area (Å²) in [5.41, 5.74) is 3.82. The maximum atomic E-state index is 12.2. The molecule has 1 unspecified atom stereocenters. The van der Waals surface area contributed by atoms with Crippen molar-refractivity contribution < 1.29 is 4.79 Å². The van der Waals surface area contributed by atoms with E-state index in [1.165, 1.54) is 16.7 Å². The van der Waals surface area contributed by atoms with Crippen molar-refractivity contribution >= 4 is 5.91 Å². The molecule has 1 aliphatic heterocycles. The molecule has 1 amide bonds. The van der Waals surface area contributed by atoms with Crippen molar-refractivity contribution in [3.63, 3.8) is 0 Å². The molecule has 1 atom stereocenters. The molecule has 2 N–H and O–H groups in total. The Balaban J connectivity index is 1.50. The van der Waals surface area contributed by atoms with Crippen LogP contribution in [-0.4, -0.2) is 18.5 Å². The Hall–Kier alpha value is -2.13. The molecular weight excluding hydrogens is 260 g/mol. The Bertz CT molecular complexity index is 610. The molecule has 1 heterocycles. The Morgan fingerprint density at radius 3 is 2.57 bits per heavy atom. The van der Waals surface area contributed by atoms with E-state index in [0.29, 0.717) is 6.54 Å². The first-order valence-electron chi connectivity index (χ1n) is 7.45. The molecule has 0 bridgehead atoms. The Morgan fingerprint density at radius 1 is 1.05 bits per heavy atom. The molecule has 0 radical (unpaired) electrons. The third-order valence-corrected chi connectivity index (χ3v) is 3.95. The Labute approximate surface area is 125 Å². The number of hydrogen-bond acceptors (Lipinski definition) is 2. The van der Waals surface area contributed by atoms with Crippen LogP contribution in [0.2, 0.25) is 0 Å². The van der Waals surface area contributed by atoms with Crippen LogP contribution in [0.1, 0.15) is 16.7 Å². The minimum atomic E-state index is -0.115. The number of hydrogen-bond donors (Lipinski definition) is 2. The molecule has 0 aliphatic carbocycles. The number of benzene rings is 2. The summed E-state index contributed by atoms with van der Waals surface area (Å²) in [4.78, 5) is 12.2. The second-order valence-corrected chi connectivity index (χ2v) is 5.43. The number of nitrogens with one attached hydrogen (secondary N) is 2. The summed E-state index contributed by atoms with van der Waals surface area (Å²) in [7, 11) is 0. The summed E-state index contributed by atoms with van der Waals surface area (Å²) in [5, 5.41) is 6.34. The molecular formula is C18H20N2O. The lowest BCUT2D eigenvalue weighted by molar-refractivity contribution is -0.123. The van der Waals surface area contributed by atoms with Crippen LogP contribution in [0.3, 0.4) is 0 Å². The monoisotopic (exact) mass is 280 g/mol. The maximum Gasteiger partial charge on any atom is 0.237 e. The summed E-state index contributed by atoms with van der Waals surface area (Å²) in [6, 6.07) is 18.4. The quantitative estimate of drug-likeness (QED) is 0.900. The molecule has 0 fully saturated rings. The molecule has 0 saturated heterocycles.